The van der Waals surface area contributed by atoms with Crippen LogP contribution in [-0.2, 0) is 0 Å². The second-order valence-electron chi connectivity index (χ2n) is 7.06. The van der Waals surface area contributed by atoms with E-state index >= 15 is 0 Å². The van der Waals surface area contributed by atoms with Crippen LogP contribution in [0.5, 0.6) is 0 Å². The summed E-state index contributed by atoms with van der Waals surface area (Å²) >= 11 is 11.9. The predicted octanol–water partition coefficient (Wildman–Crippen LogP) is 4.55. The largest absolute Gasteiger partial charge is 0.349 e. The first-order valence-electron chi connectivity index (χ1n) is 7.86. The second-order valence-corrected chi connectivity index (χ2v) is 7.87. The van der Waals surface area contributed by atoms with Gasteiger partial charge in [-0.2, -0.15) is 0 Å². The Morgan fingerprint density at radius 2 is 1.57 bits per heavy atom. The molecule has 0 aliphatic heterocycles. The van der Waals surface area contributed by atoms with E-state index in [1.165, 1.54) is 32.1 Å². The summed E-state index contributed by atoms with van der Waals surface area (Å²) < 4.78 is 0. The van der Waals surface area contributed by atoms with Crippen molar-refractivity contribution in [1.29, 1.82) is 0 Å². The zero-order valence-electron chi connectivity index (χ0n) is 11.8. The van der Waals surface area contributed by atoms with Crippen LogP contribution in [0, 0.1) is 23.7 Å². The molecular formula is C17H19Cl2NO. The lowest BCUT2D eigenvalue weighted by Gasteiger charge is -2.54. The molecule has 0 aromatic heterocycles. The minimum Gasteiger partial charge on any atom is -0.349 e. The predicted molar refractivity (Wildman–Crippen MR) is 84.8 cm³/mol. The molecule has 0 heterocycles. The third-order valence-corrected chi connectivity index (χ3v) is 6.45. The highest BCUT2D eigenvalue weighted by atomic mass is 35.5. The molecule has 4 aliphatic rings. The number of carbonyl (C=O) groups is 1. The van der Waals surface area contributed by atoms with Crippen LogP contribution in [-0.4, -0.2) is 11.9 Å². The molecule has 0 atom stereocenters. The summed E-state index contributed by atoms with van der Waals surface area (Å²) in [6, 6.07) is 5.46. The van der Waals surface area contributed by atoms with E-state index in [1.54, 1.807) is 18.2 Å². The molecule has 4 aliphatic carbocycles. The third-order valence-electron chi connectivity index (χ3n) is 5.71. The van der Waals surface area contributed by atoms with Crippen molar-refractivity contribution in [3.05, 3.63) is 33.8 Å². The monoisotopic (exact) mass is 323 g/mol. The summed E-state index contributed by atoms with van der Waals surface area (Å²) in [4.78, 5) is 12.5. The molecule has 2 nitrogen and oxygen atoms in total. The number of carbonyl (C=O) groups excluding carboxylic acids is 1. The maximum absolute atomic E-state index is 12.5. The van der Waals surface area contributed by atoms with E-state index in [1.807, 2.05) is 0 Å². The van der Waals surface area contributed by atoms with Gasteiger partial charge in [-0.15, -0.1) is 0 Å². The number of hydrogen-bond acceptors (Lipinski definition) is 1. The first-order chi connectivity index (χ1) is 10.1. The van der Waals surface area contributed by atoms with Crippen molar-refractivity contribution in [2.45, 2.75) is 38.1 Å². The fourth-order valence-corrected chi connectivity index (χ4v) is 5.33. The Morgan fingerprint density at radius 3 is 2.14 bits per heavy atom. The van der Waals surface area contributed by atoms with Crippen LogP contribution in [0.4, 0.5) is 0 Å². The Labute approximate surface area is 135 Å². The smallest absolute Gasteiger partial charge is 0.251 e. The summed E-state index contributed by atoms with van der Waals surface area (Å²) in [7, 11) is 0. The lowest BCUT2D eigenvalue weighted by Crippen LogP contribution is -2.55. The van der Waals surface area contributed by atoms with Crippen molar-refractivity contribution in [3.8, 4) is 0 Å². The lowest BCUT2D eigenvalue weighted by atomic mass is 9.54. The van der Waals surface area contributed by atoms with Gasteiger partial charge in [-0.1, -0.05) is 23.2 Å². The Morgan fingerprint density at radius 1 is 0.952 bits per heavy atom. The van der Waals surface area contributed by atoms with Crippen molar-refractivity contribution in [1.82, 2.24) is 5.32 Å². The molecule has 4 fully saturated rings. The van der Waals surface area contributed by atoms with Crippen molar-refractivity contribution >= 4 is 29.1 Å². The highest BCUT2D eigenvalue weighted by Crippen LogP contribution is 2.53. The minimum atomic E-state index is -0.00830. The summed E-state index contributed by atoms with van der Waals surface area (Å²) in [5, 5.41) is 4.21. The maximum atomic E-state index is 12.5. The molecule has 4 bridgehead atoms. The molecule has 4 saturated carbocycles. The van der Waals surface area contributed by atoms with Gasteiger partial charge in [0.05, 0.1) is 10.0 Å². The van der Waals surface area contributed by atoms with Crippen LogP contribution in [0.3, 0.4) is 0 Å². The van der Waals surface area contributed by atoms with Gasteiger partial charge in [-0.25, -0.2) is 0 Å². The van der Waals surface area contributed by atoms with Gasteiger partial charge in [0.25, 0.3) is 5.91 Å². The molecule has 112 valence electrons. The molecule has 21 heavy (non-hydrogen) atoms. The Hall–Kier alpha value is -0.730. The molecule has 1 N–H and O–H groups in total. The molecule has 0 spiro atoms. The highest BCUT2D eigenvalue weighted by Gasteiger charge is 2.48. The standard InChI is InChI=1S/C17H19Cl2NO/c18-14-2-1-11(8-15(14)19)17(21)20-16-12-4-9-3-10(6-12)7-13(16)5-9/h1-2,8-10,12-13,16H,3-7H2,(H,20,21). The second kappa shape index (κ2) is 5.17. The first-order valence-corrected chi connectivity index (χ1v) is 8.61. The SMILES string of the molecule is O=C(NC1C2CC3CC(C2)CC1C3)c1ccc(Cl)c(Cl)c1. The van der Waals surface area contributed by atoms with Crippen molar-refractivity contribution in [2.24, 2.45) is 23.7 Å². The first kappa shape index (κ1) is 13.9. The van der Waals surface area contributed by atoms with E-state index in [0.29, 0.717) is 33.5 Å². The molecule has 0 radical (unpaired) electrons. The summed E-state index contributed by atoms with van der Waals surface area (Å²) in [5.74, 6) is 3.21. The Balaban J connectivity index is 1.50. The van der Waals surface area contributed by atoms with Crippen LogP contribution in [0.2, 0.25) is 10.0 Å². The van der Waals surface area contributed by atoms with Crippen LogP contribution < -0.4 is 5.32 Å². The quantitative estimate of drug-likeness (QED) is 0.850. The fraction of sp³-hybridized carbons (Fsp3) is 0.588. The molecular weight excluding hydrogens is 305 g/mol. The van der Waals surface area contributed by atoms with Crippen LogP contribution in [0.15, 0.2) is 18.2 Å². The number of benzene rings is 1. The zero-order chi connectivity index (χ0) is 14.6. The Kier molecular flexibility index (Phi) is 3.42. The van der Waals surface area contributed by atoms with Crippen molar-refractivity contribution in [2.75, 3.05) is 0 Å². The van der Waals surface area contributed by atoms with Gasteiger partial charge in [0, 0.05) is 11.6 Å². The molecule has 1 aromatic carbocycles. The van der Waals surface area contributed by atoms with Crippen molar-refractivity contribution < 1.29 is 4.79 Å². The number of amides is 1. The average Bonchev–Trinajstić information content (AvgIpc) is 2.45. The van der Waals surface area contributed by atoms with Gasteiger partial charge in [0.1, 0.15) is 0 Å². The van der Waals surface area contributed by atoms with E-state index in [4.69, 9.17) is 23.2 Å². The minimum absolute atomic E-state index is 0.00830. The number of hydrogen-bond donors (Lipinski definition) is 1. The summed E-state index contributed by atoms with van der Waals surface area (Å²) in [5.41, 5.74) is 0.609. The van der Waals surface area contributed by atoms with E-state index in [2.05, 4.69) is 5.32 Å². The van der Waals surface area contributed by atoms with E-state index in [9.17, 15) is 4.79 Å². The fourth-order valence-electron chi connectivity index (χ4n) is 5.03. The van der Waals surface area contributed by atoms with Crippen LogP contribution in [0.25, 0.3) is 0 Å². The zero-order valence-corrected chi connectivity index (χ0v) is 13.3. The van der Waals surface area contributed by atoms with Gasteiger partial charge >= 0.3 is 0 Å². The van der Waals surface area contributed by atoms with Crippen LogP contribution in [0.1, 0.15) is 42.5 Å². The van der Waals surface area contributed by atoms with Gasteiger partial charge in [0.15, 0.2) is 0 Å². The maximum Gasteiger partial charge on any atom is 0.251 e. The van der Waals surface area contributed by atoms with Crippen molar-refractivity contribution in [3.63, 3.8) is 0 Å². The van der Waals surface area contributed by atoms with E-state index < -0.39 is 0 Å². The number of nitrogens with one attached hydrogen (secondary N) is 1. The van der Waals surface area contributed by atoms with E-state index in [0.717, 1.165) is 11.8 Å². The molecule has 5 rings (SSSR count). The highest BCUT2D eigenvalue weighted by molar-refractivity contribution is 6.42. The Bertz CT molecular complexity index is 558. The topological polar surface area (TPSA) is 29.1 Å². The average molecular weight is 324 g/mol. The van der Waals surface area contributed by atoms with Gasteiger partial charge in [0.2, 0.25) is 0 Å². The number of rotatable bonds is 2. The van der Waals surface area contributed by atoms with Gasteiger partial charge < -0.3 is 5.32 Å². The summed E-state index contributed by atoms with van der Waals surface area (Å²) in [6.45, 7) is 0. The molecule has 1 aromatic rings. The lowest BCUT2D eigenvalue weighted by molar-refractivity contribution is -0.0119. The number of halogens is 2. The molecule has 0 unspecified atom stereocenters. The normalized spacial score (nSPS) is 36.8. The molecule has 4 heteroatoms. The van der Waals surface area contributed by atoms with Gasteiger partial charge in [-0.05, 0) is 74.0 Å². The summed E-state index contributed by atoms with van der Waals surface area (Å²) in [6.07, 6.45) is 6.65. The van der Waals surface area contributed by atoms with E-state index in [-0.39, 0.29) is 5.91 Å². The molecule has 1 amide bonds. The third kappa shape index (κ3) is 2.47. The van der Waals surface area contributed by atoms with Gasteiger partial charge in [-0.3, -0.25) is 4.79 Å². The molecule has 0 saturated heterocycles. The van der Waals surface area contributed by atoms with Crippen LogP contribution >= 0.6 is 23.2 Å².